The molecule has 36 heavy (non-hydrogen) atoms. The highest BCUT2D eigenvalue weighted by atomic mass is 16.7. The number of amides is 1. The summed E-state index contributed by atoms with van der Waals surface area (Å²) in [6.07, 6.45) is 10.4. The summed E-state index contributed by atoms with van der Waals surface area (Å²) in [4.78, 5) is 34.3. The van der Waals surface area contributed by atoms with Crippen molar-refractivity contribution in [1.82, 2.24) is 15.1 Å². The van der Waals surface area contributed by atoms with E-state index in [1.54, 1.807) is 4.90 Å². The quantitative estimate of drug-likeness (QED) is 0.296. The van der Waals surface area contributed by atoms with Gasteiger partial charge < -0.3 is 15.1 Å². The number of carbonyl (C=O) groups excluding carboxylic acids is 2. The van der Waals surface area contributed by atoms with Crippen molar-refractivity contribution in [2.75, 3.05) is 47.3 Å². The van der Waals surface area contributed by atoms with Gasteiger partial charge in [-0.05, 0) is 108 Å². The molecule has 4 aliphatic carbocycles. The SMILES string of the molecule is CNCCN(CCN(C)C)C(=O)O/N=C(\C)[C@H]1CC[C@H]2[C@@H]3CCC4=CC(=O)CC[C@]4(C)[C@H]3CC[C@]12C. The van der Waals surface area contributed by atoms with Crippen molar-refractivity contribution in [3.63, 3.8) is 0 Å². The van der Waals surface area contributed by atoms with E-state index in [0.717, 1.165) is 44.0 Å². The third kappa shape index (κ3) is 5.15. The maximum Gasteiger partial charge on any atom is 0.436 e. The van der Waals surface area contributed by atoms with Crippen LogP contribution in [0.5, 0.6) is 0 Å². The first kappa shape index (κ1) is 27.3. The number of rotatable bonds is 8. The van der Waals surface area contributed by atoms with Gasteiger partial charge in [-0.15, -0.1) is 0 Å². The molecule has 202 valence electrons. The maximum absolute atomic E-state index is 12.8. The Labute approximate surface area is 218 Å². The number of oxime groups is 1. The van der Waals surface area contributed by atoms with Crippen LogP contribution in [-0.4, -0.2) is 74.7 Å². The van der Waals surface area contributed by atoms with E-state index in [4.69, 9.17) is 4.84 Å². The van der Waals surface area contributed by atoms with Gasteiger partial charge in [-0.1, -0.05) is 24.6 Å². The summed E-state index contributed by atoms with van der Waals surface area (Å²) >= 11 is 0. The Morgan fingerprint density at radius 2 is 1.86 bits per heavy atom. The van der Waals surface area contributed by atoms with Gasteiger partial charge >= 0.3 is 6.09 Å². The van der Waals surface area contributed by atoms with Gasteiger partial charge in [0.1, 0.15) is 0 Å². The Morgan fingerprint density at radius 3 is 2.58 bits per heavy atom. The van der Waals surface area contributed by atoms with Gasteiger partial charge in [0.25, 0.3) is 0 Å². The normalized spacial score (nSPS) is 36.1. The molecular formula is C29H48N4O3. The lowest BCUT2D eigenvalue weighted by atomic mass is 9.46. The number of allylic oxidation sites excluding steroid dienone is 1. The van der Waals surface area contributed by atoms with E-state index in [0.29, 0.717) is 43.0 Å². The molecule has 1 N–H and O–H groups in total. The molecule has 6 atom stereocenters. The monoisotopic (exact) mass is 500 g/mol. The molecule has 0 radical (unpaired) electrons. The Hall–Kier alpha value is -1.73. The van der Waals surface area contributed by atoms with E-state index in [2.05, 4.69) is 36.1 Å². The van der Waals surface area contributed by atoms with Crippen LogP contribution in [0, 0.1) is 34.5 Å². The fraction of sp³-hybridized carbons (Fsp3) is 0.828. The second-order valence-corrected chi connectivity index (χ2v) is 12.6. The third-order valence-corrected chi connectivity index (χ3v) is 10.4. The molecule has 3 fully saturated rings. The fourth-order valence-corrected chi connectivity index (χ4v) is 8.34. The van der Waals surface area contributed by atoms with E-state index in [1.807, 2.05) is 27.2 Å². The Kier molecular flexibility index (Phi) is 8.30. The molecule has 4 aliphatic rings. The van der Waals surface area contributed by atoms with Crippen molar-refractivity contribution in [3.8, 4) is 0 Å². The van der Waals surface area contributed by atoms with Crippen molar-refractivity contribution in [2.45, 2.75) is 72.1 Å². The van der Waals surface area contributed by atoms with E-state index in [-0.39, 0.29) is 16.9 Å². The van der Waals surface area contributed by atoms with Gasteiger partial charge in [-0.25, -0.2) is 4.79 Å². The predicted molar refractivity (Wildman–Crippen MR) is 144 cm³/mol. The van der Waals surface area contributed by atoms with Crippen LogP contribution in [-0.2, 0) is 9.63 Å². The van der Waals surface area contributed by atoms with Gasteiger partial charge in [0, 0.05) is 38.5 Å². The minimum Gasteiger partial charge on any atom is -0.318 e. The standard InChI is InChI=1S/C29H48N4O3/c1-20(31-36-27(35)33(16-15-30-4)18-17-32(5)6)24-9-10-25-23-8-7-21-19-22(34)11-13-28(21,2)26(23)12-14-29(24,25)3/h19,23-26,30H,7-18H2,1-6H3/b31-20+/t23-,24+,25-,26-,28-,29+/m0/s1. The van der Waals surface area contributed by atoms with E-state index >= 15 is 0 Å². The number of nitrogens with zero attached hydrogens (tertiary/aromatic N) is 3. The van der Waals surface area contributed by atoms with Crippen LogP contribution in [0.4, 0.5) is 4.79 Å². The number of ketones is 1. The van der Waals surface area contributed by atoms with Crippen LogP contribution in [0.2, 0.25) is 0 Å². The van der Waals surface area contributed by atoms with Crippen LogP contribution < -0.4 is 5.32 Å². The molecule has 7 nitrogen and oxygen atoms in total. The van der Waals surface area contributed by atoms with Gasteiger partial charge in [-0.2, -0.15) is 0 Å². The second kappa shape index (κ2) is 10.9. The molecule has 0 spiro atoms. The van der Waals surface area contributed by atoms with Crippen molar-refractivity contribution < 1.29 is 14.4 Å². The Morgan fingerprint density at radius 1 is 1.08 bits per heavy atom. The van der Waals surface area contributed by atoms with Crippen LogP contribution in [0.1, 0.15) is 72.1 Å². The summed E-state index contributed by atoms with van der Waals surface area (Å²) in [5.74, 6) is 2.79. The largest absolute Gasteiger partial charge is 0.436 e. The molecule has 0 aliphatic heterocycles. The van der Waals surface area contributed by atoms with E-state index in [9.17, 15) is 9.59 Å². The lowest BCUT2D eigenvalue weighted by Crippen LogP contribution is -2.51. The zero-order valence-corrected chi connectivity index (χ0v) is 23.4. The zero-order chi connectivity index (χ0) is 26.1. The zero-order valence-electron chi connectivity index (χ0n) is 23.4. The molecule has 0 saturated heterocycles. The molecule has 0 bridgehead atoms. The lowest BCUT2D eigenvalue weighted by Gasteiger charge is -2.58. The molecule has 1 amide bonds. The van der Waals surface area contributed by atoms with E-state index < -0.39 is 0 Å². The van der Waals surface area contributed by atoms with Crippen LogP contribution in [0.3, 0.4) is 0 Å². The van der Waals surface area contributed by atoms with Crippen molar-refractivity contribution in [1.29, 1.82) is 0 Å². The highest BCUT2D eigenvalue weighted by Gasteiger charge is 2.59. The van der Waals surface area contributed by atoms with Crippen molar-refractivity contribution >= 4 is 17.6 Å². The first-order chi connectivity index (χ1) is 17.1. The molecule has 0 aromatic heterocycles. The van der Waals surface area contributed by atoms with E-state index in [1.165, 1.54) is 31.3 Å². The summed E-state index contributed by atoms with van der Waals surface area (Å²) < 4.78 is 0. The average Bonchev–Trinajstić information content (AvgIpc) is 3.20. The molecular weight excluding hydrogens is 452 g/mol. The molecule has 7 heteroatoms. The molecule has 4 rings (SSSR count). The molecule has 0 aromatic carbocycles. The van der Waals surface area contributed by atoms with Crippen LogP contribution in [0.25, 0.3) is 0 Å². The second-order valence-electron chi connectivity index (χ2n) is 12.6. The fourth-order valence-electron chi connectivity index (χ4n) is 8.34. The third-order valence-electron chi connectivity index (χ3n) is 10.4. The highest BCUT2D eigenvalue weighted by Crippen LogP contribution is 2.66. The predicted octanol–water partition coefficient (Wildman–Crippen LogP) is 4.73. The summed E-state index contributed by atoms with van der Waals surface area (Å²) in [5, 5.41) is 7.55. The molecule has 3 saturated carbocycles. The van der Waals surface area contributed by atoms with Crippen LogP contribution >= 0.6 is 0 Å². The summed E-state index contributed by atoms with van der Waals surface area (Å²) in [6, 6.07) is 0. The smallest absolute Gasteiger partial charge is 0.318 e. The number of fused-ring (bicyclic) bond motifs is 5. The van der Waals surface area contributed by atoms with Gasteiger partial charge in [0.05, 0.1) is 5.71 Å². The van der Waals surface area contributed by atoms with Gasteiger partial charge in [-0.3, -0.25) is 9.63 Å². The maximum atomic E-state index is 12.8. The molecule has 0 aromatic rings. The topological polar surface area (TPSA) is 74.2 Å². The number of hydrogen-bond acceptors (Lipinski definition) is 6. The van der Waals surface area contributed by atoms with Crippen molar-refractivity contribution in [2.24, 2.45) is 39.7 Å². The minimum absolute atomic E-state index is 0.207. The average molecular weight is 501 g/mol. The number of nitrogens with one attached hydrogen (secondary N) is 1. The van der Waals surface area contributed by atoms with Crippen molar-refractivity contribution in [3.05, 3.63) is 11.6 Å². The number of hydrogen-bond donors (Lipinski definition) is 1. The Balaban J connectivity index is 1.44. The van der Waals surface area contributed by atoms with Gasteiger partial charge in [0.15, 0.2) is 5.78 Å². The van der Waals surface area contributed by atoms with Crippen LogP contribution in [0.15, 0.2) is 16.8 Å². The minimum atomic E-state index is -0.360. The lowest BCUT2D eigenvalue weighted by molar-refractivity contribution is -0.117. The first-order valence-electron chi connectivity index (χ1n) is 14.1. The number of likely N-dealkylation sites (N-methyl/N-ethyl adjacent to an activating group) is 2. The summed E-state index contributed by atoms with van der Waals surface area (Å²) in [5.41, 5.74) is 2.82. The highest BCUT2D eigenvalue weighted by molar-refractivity contribution is 5.91. The summed E-state index contributed by atoms with van der Waals surface area (Å²) in [6.45, 7) is 9.71. The summed E-state index contributed by atoms with van der Waals surface area (Å²) in [7, 11) is 5.90. The Bertz CT molecular complexity index is 899. The molecule has 0 unspecified atom stereocenters. The first-order valence-corrected chi connectivity index (χ1v) is 14.1. The van der Waals surface area contributed by atoms with Gasteiger partial charge in [0.2, 0.25) is 0 Å². The number of carbonyl (C=O) groups is 2. The molecule has 0 heterocycles.